The van der Waals surface area contributed by atoms with E-state index < -0.39 is 28.5 Å². The first kappa shape index (κ1) is 18.3. The number of phenolic OH excluding ortho intramolecular Hbond substituents is 2. The van der Waals surface area contributed by atoms with Gasteiger partial charge in [-0.1, -0.05) is 0 Å². The third-order valence-electron chi connectivity index (χ3n) is 5.76. The van der Waals surface area contributed by atoms with Gasteiger partial charge < -0.3 is 20.3 Å². The van der Waals surface area contributed by atoms with Crippen molar-refractivity contribution in [2.45, 2.75) is 52.0 Å². The Morgan fingerprint density at radius 3 is 2.43 bits per heavy atom. The molecule has 3 aliphatic rings. The maximum Gasteiger partial charge on any atom is 0.194 e. The fourth-order valence-electron chi connectivity index (χ4n) is 3.97. The molecule has 1 saturated carbocycles. The van der Waals surface area contributed by atoms with Crippen molar-refractivity contribution >= 4 is 17.3 Å². The monoisotopic (exact) mass is 383 g/mol. The Morgan fingerprint density at radius 2 is 1.86 bits per heavy atom. The number of phenols is 2. The summed E-state index contributed by atoms with van der Waals surface area (Å²) < 4.78 is 5.72. The van der Waals surface area contributed by atoms with Crippen molar-refractivity contribution in [1.82, 2.24) is 5.32 Å². The predicted molar refractivity (Wildman–Crippen MR) is 99.4 cm³/mol. The summed E-state index contributed by atoms with van der Waals surface area (Å²) in [5.41, 5.74) is -0.877. The van der Waals surface area contributed by atoms with Crippen LogP contribution in [0.3, 0.4) is 0 Å². The molecule has 7 heteroatoms. The van der Waals surface area contributed by atoms with Crippen molar-refractivity contribution in [2.24, 2.45) is 0 Å². The van der Waals surface area contributed by atoms with E-state index in [9.17, 15) is 24.6 Å². The summed E-state index contributed by atoms with van der Waals surface area (Å²) in [7, 11) is 0. The molecule has 1 aromatic carbocycles. The number of allylic oxidation sites excluding steroid dienone is 4. The van der Waals surface area contributed by atoms with Gasteiger partial charge in [-0.3, -0.25) is 14.4 Å². The van der Waals surface area contributed by atoms with Gasteiger partial charge in [0.05, 0.1) is 11.1 Å². The number of aromatic hydroxyl groups is 2. The van der Waals surface area contributed by atoms with Gasteiger partial charge in [-0.15, -0.1) is 0 Å². The van der Waals surface area contributed by atoms with E-state index >= 15 is 0 Å². The largest absolute Gasteiger partial charge is 0.507 e. The highest BCUT2D eigenvalue weighted by Gasteiger charge is 2.56. The molecular formula is C21H21NO6. The lowest BCUT2D eigenvalue weighted by molar-refractivity contribution is -0.123. The van der Waals surface area contributed by atoms with Crippen LogP contribution in [-0.2, 0) is 15.0 Å². The molecule has 0 bridgehead atoms. The van der Waals surface area contributed by atoms with Crippen LogP contribution in [0.25, 0.3) is 0 Å². The average Bonchev–Trinajstić information content (AvgIpc) is 3.36. The highest BCUT2D eigenvalue weighted by molar-refractivity contribution is 6.31. The fraction of sp³-hybridized carbons (Fsp3) is 0.381. The SMILES string of the molecule is CC(=O)c1c(O)c(C)c(O)c2c1OC1=CC(=O)C(=C(C)NC3CC3)C(=O)[C@@]12C. The zero-order valence-electron chi connectivity index (χ0n) is 16.1. The lowest BCUT2D eigenvalue weighted by atomic mass is 9.70. The number of fused-ring (bicyclic) bond motifs is 3. The van der Waals surface area contributed by atoms with Crippen LogP contribution >= 0.6 is 0 Å². The zero-order valence-corrected chi connectivity index (χ0v) is 16.1. The molecule has 1 aliphatic heterocycles. The van der Waals surface area contributed by atoms with Crippen LogP contribution in [0.2, 0.25) is 0 Å². The molecule has 1 fully saturated rings. The zero-order chi connectivity index (χ0) is 20.5. The van der Waals surface area contributed by atoms with Crippen LogP contribution in [-0.4, -0.2) is 33.6 Å². The molecule has 0 aromatic heterocycles. The van der Waals surface area contributed by atoms with Gasteiger partial charge in [0.15, 0.2) is 17.3 Å². The van der Waals surface area contributed by atoms with Gasteiger partial charge in [0.1, 0.15) is 34.0 Å². The molecule has 0 amide bonds. The Kier molecular flexibility index (Phi) is 3.72. The Morgan fingerprint density at radius 1 is 1.21 bits per heavy atom. The van der Waals surface area contributed by atoms with Crippen molar-refractivity contribution in [3.8, 4) is 17.2 Å². The summed E-state index contributed by atoms with van der Waals surface area (Å²) in [6.45, 7) is 5.96. The summed E-state index contributed by atoms with van der Waals surface area (Å²) in [5, 5.41) is 24.3. The second-order valence-corrected chi connectivity index (χ2v) is 7.81. The Balaban J connectivity index is 1.98. The van der Waals surface area contributed by atoms with Gasteiger partial charge in [0.25, 0.3) is 0 Å². The number of benzene rings is 1. The molecular weight excluding hydrogens is 362 g/mol. The minimum atomic E-state index is -1.46. The molecule has 2 aliphatic carbocycles. The third kappa shape index (κ3) is 2.25. The summed E-state index contributed by atoms with van der Waals surface area (Å²) in [6, 6.07) is 0.260. The molecule has 146 valence electrons. The topological polar surface area (TPSA) is 113 Å². The van der Waals surface area contributed by atoms with E-state index in [4.69, 9.17) is 4.74 Å². The first-order valence-electron chi connectivity index (χ1n) is 9.15. The average molecular weight is 383 g/mol. The van der Waals surface area contributed by atoms with E-state index in [1.165, 1.54) is 19.9 Å². The number of hydrogen-bond acceptors (Lipinski definition) is 7. The van der Waals surface area contributed by atoms with Gasteiger partial charge in [-0.25, -0.2) is 0 Å². The lowest BCUT2D eigenvalue weighted by Gasteiger charge is -2.29. The molecule has 0 saturated heterocycles. The van der Waals surface area contributed by atoms with Crippen molar-refractivity contribution in [3.63, 3.8) is 0 Å². The van der Waals surface area contributed by atoms with E-state index in [2.05, 4.69) is 5.32 Å². The number of carbonyl (C=O) groups excluding carboxylic acids is 3. The number of ether oxygens (including phenoxy) is 1. The third-order valence-corrected chi connectivity index (χ3v) is 5.76. The first-order valence-corrected chi connectivity index (χ1v) is 9.15. The first-order chi connectivity index (χ1) is 13.1. The van der Waals surface area contributed by atoms with Crippen LogP contribution in [0.1, 0.15) is 55.1 Å². The predicted octanol–water partition coefficient (Wildman–Crippen LogP) is 2.32. The summed E-state index contributed by atoms with van der Waals surface area (Å²) in [5.74, 6) is -2.21. The number of rotatable bonds is 3. The maximum absolute atomic E-state index is 13.5. The van der Waals surface area contributed by atoms with Crippen LogP contribution in [0, 0.1) is 6.92 Å². The maximum atomic E-state index is 13.5. The Labute approximate surface area is 161 Å². The number of carbonyl (C=O) groups is 3. The number of ketones is 3. The van der Waals surface area contributed by atoms with Crippen molar-refractivity contribution in [2.75, 3.05) is 0 Å². The minimum absolute atomic E-state index is 0.0177. The van der Waals surface area contributed by atoms with Crippen molar-refractivity contribution in [3.05, 3.63) is 39.8 Å². The molecule has 28 heavy (non-hydrogen) atoms. The van der Waals surface area contributed by atoms with Crippen LogP contribution < -0.4 is 10.1 Å². The highest BCUT2D eigenvalue weighted by atomic mass is 16.5. The molecule has 3 N–H and O–H groups in total. The second kappa shape index (κ2) is 5.70. The number of hydrogen-bond donors (Lipinski definition) is 3. The Hall–Kier alpha value is -3.09. The van der Waals surface area contributed by atoms with Gasteiger partial charge in [0.2, 0.25) is 0 Å². The van der Waals surface area contributed by atoms with Crippen LogP contribution in [0.5, 0.6) is 17.2 Å². The van der Waals surface area contributed by atoms with E-state index in [-0.39, 0.29) is 45.6 Å². The van der Waals surface area contributed by atoms with E-state index in [1.54, 1.807) is 13.8 Å². The number of Topliss-reactive ketones (excluding diaryl/α,β-unsaturated/α-hetero) is 2. The fourth-order valence-corrected chi connectivity index (χ4v) is 3.97. The van der Waals surface area contributed by atoms with Crippen LogP contribution in [0.4, 0.5) is 0 Å². The van der Waals surface area contributed by atoms with E-state index in [0.717, 1.165) is 12.8 Å². The van der Waals surface area contributed by atoms with Gasteiger partial charge in [-0.2, -0.15) is 0 Å². The molecule has 1 aromatic rings. The van der Waals surface area contributed by atoms with Gasteiger partial charge in [-0.05, 0) is 40.5 Å². The quantitative estimate of drug-likeness (QED) is 0.417. The van der Waals surface area contributed by atoms with Crippen molar-refractivity contribution < 1.29 is 29.3 Å². The number of nitrogens with one attached hydrogen (secondary N) is 1. The molecule has 0 radical (unpaired) electrons. The summed E-state index contributed by atoms with van der Waals surface area (Å²) >= 11 is 0. The molecule has 0 unspecified atom stereocenters. The summed E-state index contributed by atoms with van der Waals surface area (Å²) in [4.78, 5) is 38.3. The minimum Gasteiger partial charge on any atom is -0.507 e. The lowest BCUT2D eigenvalue weighted by Crippen LogP contribution is -2.41. The molecule has 1 atom stereocenters. The summed E-state index contributed by atoms with van der Waals surface area (Å²) in [6.07, 6.45) is 3.20. The smallest absolute Gasteiger partial charge is 0.194 e. The van der Waals surface area contributed by atoms with E-state index in [1.807, 2.05) is 0 Å². The van der Waals surface area contributed by atoms with Crippen molar-refractivity contribution in [1.29, 1.82) is 0 Å². The van der Waals surface area contributed by atoms with Crippen LogP contribution in [0.15, 0.2) is 23.1 Å². The van der Waals surface area contributed by atoms with Gasteiger partial charge >= 0.3 is 0 Å². The molecule has 4 rings (SSSR count). The van der Waals surface area contributed by atoms with E-state index in [0.29, 0.717) is 5.70 Å². The normalized spacial score (nSPS) is 24.9. The Bertz CT molecular complexity index is 1040. The van der Waals surface area contributed by atoms with Gasteiger partial charge in [0, 0.05) is 23.4 Å². The molecule has 1 heterocycles. The second-order valence-electron chi connectivity index (χ2n) is 7.81. The standard InChI is InChI=1S/C21H21NO6/c1-8-17(25)15(10(3)23)19-16(18(8)26)21(4)13(28-19)7-12(24)14(20(21)27)9(2)22-11-5-6-11/h7,11,22,25-26H,5-6H2,1-4H3/t21-/m0/s1. The molecule has 7 nitrogen and oxygen atoms in total. The molecule has 0 spiro atoms. The highest BCUT2D eigenvalue weighted by Crippen LogP contribution is 2.57.